The van der Waals surface area contributed by atoms with Crippen LogP contribution in [0.4, 0.5) is 4.39 Å². The molecule has 0 bridgehead atoms. The Balaban J connectivity index is 2.36. The highest BCUT2D eigenvalue weighted by molar-refractivity contribution is 7.85. The van der Waals surface area contributed by atoms with Crippen molar-refractivity contribution in [1.29, 1.82) is 0 Å². The third-order valence-electron chi connectivity index (χ3n) is 3.20. The Kier molecular flexibility index (Phi) is 4.35. The standard InChI is InChI=1S/C13H18FNO2S/c1-9-6-7-18(16)8-11(15-9)13-10(14)4-3-5-12(13)17-2/h3-5,9,11,15H,6-8H2,1-2H3. The molecule has 100 valence electrons. The molecular formula is C13H18FNO2S. The first-order valence-electron chi connectivity index (χ1n) is 6.05. The normalized spacial score (nSPS) is 28.7. The zero-order chi connectivity index (χ0) is 13.1. The average Bonchev–Trinajstić information content (AvgIpc) is 2.50. The maximum absolute atomic E-state index is 14.0. The summed E-state index contributed by atoms with van der Waals surface area (Å²) in [7, 11) is 0.611. The van der Waals surface area contributed by atoms with E-state index in [1.54, 1.807) is 12.1 Å². The van der Waals surface area contributed by atoms with E-state index in [1.165, 1.54) is 13.2 Å². The van der Waals surface area contributed by atoms with E-state index in [0.717, 1.165) is 6.42 Å². The van der Waals surface area contributed by atoms with Crippen LogP contribution in [0.5, 0.6) is 5.75 Å². The maximum Gasteiger partial charge on any atom is 0.131 e. The highest BCUT2D eigenvalue weighted by atomic mass is 32.2. The predicted molar refractivity (Wildman–Crippen MR) is 70.8 cm³/mol. The third-order valence-corrected chi connectivity index (χ3v) is 4.59. The molecule has 18 heavy (non-hydrogen) atoms. The minimum absolute atomic E-state index is 0.228. The number of halogens is 1. The van der Waals surface area contributed by atoms with Crippen LogP contribution in [0.25, 0.3) is 0 Å². The monoisotopic (exact) mass is 271 g/mol. The molecule has 1 N–H and O–H groups in total. The van der Waals surface area contributed by atoms with E-state index >= 15 is 0 Å². The predicted octanol–water partition coefficient (Wildman–Crippen LogP) is 2.01. The van der Waals surface area contributed by atoms with Gasteiger partial charge in [-0.2, -0.15) is 0 Å². The van der Waals surface area contributed by atoms with E-state index in [2.05, 4.69) is 5.32 Å². The van der Waals surface area contributed by atoms with Crippen LogP contribution in [0.15, 0.2) is 18.2 Å². The van der Waals surface area contributed by atoms with Crippen molar-refractivity contribution in [1.82, 2.24) is 5.32 Å². The van der Waals surface area contributed by atoms with Crippen LogP contribution in [0.1, 0.15) is 24.9 Å². The second kappa shape index (κ2) is 5.80. The minimum Gasteiger partial charge on any atom is -0.496 e. The minimum atomic E-state index is -0.912. The lowest BCUT2D eigenvalue weighted by Gasteiger charge is -2.22. The number of hydrogen-bond donors (Lipinski definition) is 1. The van der Waals surface area contributed by atoms with Gasteiger partial charge in [-0.15, -0.1) is 0 Å². The van der Waals surface area contributed by atoms with Gasteiger partial charge in [-0.1, -0.05) is 6.07 Å². The molecule has 3 unspecified atom stereocenters. The smallest absolute Gasteiger partial charge is 0.131 e. The van der Waals surface area contributed by atoms with Crippen molar-refractivity contribution >= 4 is 10.8 Å². The topological polar surface area (TPSA) is 38.3 Å². The molecule has 2 rings (SSSR count). The summed E-state index contributed by atoms with van der Waals surface area (Å²) in [5.74, 6) is 1.31. The van der Waals surface area contributed by atoms with Gasteiger partial charge in [0.1, 0.15) is 11.6 Å². The summed E-state index contributed by atoms with van der Waals surface area (Å²) < 4.78 is 31.0. The molecule has 3 nitrogen and oxygen atoms in total. The van der Waals surface area contributed by atoms with Crippen molar-refractivity contribution in [2.75, 3.05) is 18.6 Å². The number of hydrogen-bond acceptors (Lipinski definition) is 3. The largest absolute Gasteiger partial charge is 0.496 e. The molecule has 5 heteroatoms. The molecule has 1 aliphatic rings. The third kappa shape index (κ3) is 2.90. The summed E-state index contributed by atoms with van der Waals surface area (Å²) in [5.41, 5.74) is 0.488. The van der Waals surface area contributed by atoms with Gasteiger partial charge in [0.2, 0.25) is 0 Å². The Labute approximate surface area is 109 Å². The van der Waals surface area contributed by atoms with E-state index in [0.29, 0.717) is 22.8 Å². The number of methoxy groups -OCH3 is 1. The SMILES string of the molecule is COc1cccc(F)c1C1CS(=O)CCC(C)N1. The average molecular weight is 271 g/mol. The lowest BCUT2D eigenvalue weighted by molar-refractivity contribution is 0.388. The lowest BCUT2D eigenvalue weighted by Crippen LogP contribution is -2.31. The van der Waals surface area contributed by atoms with Gasteiger partial charge < -0.3 is 10.1 Å². The molecule has 0 aliphatic carbocycles. The van der Waals surface area contributed by atoms with E-state index in [1.807, 2.05) is 6.92 Å². The molecule has 1 aliphatic heterocycles. The number of benzene rings is 1. The number of nitrogens with one attached hydrogen (secondary N) is 1. The molecule has 0 amide bonds. The van der Waals surface area contributed by atoms with E-state index in [-0.39, 0.29) is 17.9 Å². The van der Waals surface area contributed by atoms with E-state index < -0.39 is 10.8 Å². The molecule has 0 spiro atoms. The Morgan fingerprint density at radius 3 is 3.00 bits per heavy atom. The van der Waals surface area contributed by atoms with Gasteiger partial charge in [-0.25, -0.2) is 4.39 Å². The molecule has 3 atom stereocenters. The van der Waals surface area contributed by atoms with Crippen LogP contribution in [0, 0.1) is 5.82 Å². The second-order valence-corrected chi connectivity index (χ2v) is 6.20. The zero-order valence-corrected chi connectivity index (χ0v) is 11.4. The summed E-state index contributed by atoms with van der Waals surface area (Å²) in [5, 5.41) is 3.33. The van der Waals surface area contributed by atoms with Crippen LogP contribution < -0.4 is 10.1 Å². The number of ether oxygens (including phenoxy) is 1. The summed E-state index contributed by atoms with van der Waals surface area (Å²) >= 11 is 0. The van der Waals surface area contributed by atoms with Crippen LogP contribution in [0.3, 0.4) is 0 Å². The van der Waals surface area contributed by atoms with Gasteiger partial charge in [0.25, 0.3) is 0 Å². The van der Waals surface area contributed by atoms with E-state index in [4.69, 9.17) is 4.74 Å². The quantitative estimate of drug-likeness (QED) is 0.894. The van der Waals surface area contributed by atoms with Crippen molar-refractivity contribution < 1.29 is 13.3 Å². The van der Waals surface area contributed by atoms with Crippen LogP contribution >= 0.6 is 0 Å². The summed E-state index contributed by atoms with van der Waals surface area (Å²) in [6, 6.07) is 4.75. The molecule has 1 heterocycles. The van der Waals surface area contributed by atoms with Gasteiger partial charge in [0.15, 0.2) is 0 Å². The fourth-order valence-electron chi connectivity index (χ4n) is 2.25. The zero-order valence-electron chi connectivity index (χ0n) is 10.6. The number of rotatable bonds is 2. The molecule has 0 aromatic heterocycles. The van der Waals surface area contributed by atoms with Crippen LogP contribution in [-0.2, 0) is 10.8 Å². The summed E-state index contributed by atoms with van der Waals surface area (Å²) in [4.78, 5) is 0. The van der Waals surface area contributed by atoms with Gasteiger partial charge in [-0.05, 0) is 25.5 Å². The second-order valence-electron chi connectivity index (χ2n) is 4.58. The van der Waals surface area contributed by atoms with Gasteiger partial charge in [0, 0.05) is 33.9 Å². The molecule has 1 aromatic rings. The maximum atomic E-state index is 14.0. The van der Waals surface area contributed by atoms with Crippen LogP contribution in [0.2, 0.25) is 0 Å². The van der Waals surface area contributed by atoms with Crippen LogP contribution in [-0.4, -0.2) is 28.9 Å². The Morgan fingerprint density at radius 1 is 1.50 bits per heavy atom. The van der Waals surface area contributed by atoms with E-state index in [9.17, 15) is 8.60 Å². The Bertz CT molecular complexity index is 453. The van der Waals surface area contributed by atoms with Crippen molar-refractivity contribution in [3.8, 4) is 5.75 Å². The van der Waals surface area contributed by atoms with Crippen molar-refractivity contribution in [3.63, 3.8) is 0 Å². The molecular weight excluding hydrogens is 253 g/mol. The van der Waals surface area contributed by atoms with Crippen molar-refractivity contribution in [2.24, 2.45) is 0 Å². The van der Waals surface area contributed by atoms with Crippen molar-refractivity contribution in [2.45, 2.75) is 25.4 Å². The van der Waals surface area contributed by atoms with Gasteiger partial charge >= 0.3 is 0 Å². The molecule has 0 saturated carbocycles. The first kappa shape index (κ1) is 13.5. The molecule has 1 saturated heterocycles. The first-order valence-corrected chi connectivity index (χ1v) is 7.54. The van der Waals surface area contributed by atoms with Gasteiger partial charge in [-0.3, -0.25) is 4.21 Å². The first-order chi connectivity index (χ1) is 8.61. The fraction of sp³-hybridized carbons (Fsp3) is 0.538. The highest BCUT2D eigenvalue weighted by Crippen LogP contribution is 2.30. The molecule has 1 fully saturated rings. The van der Waals surface area contributed by atoms with Gasteiger partial charge in [0.05, 0.1) is 13.2 Å². The summed E-state index contributed by atoms with van der Waals surface area (Å²) in [6.45, 7) is 2.03. The lowest BCUT2D eigenvalue weighted by atomic mass is 10.0. The fourth-order valence-corrected chi connectivity index (χ4v) is 3.67. The Morgan fingerprint density at radius 2 is 2.28 bits per heavy atom. The molecule has 1 aromatic carbocycles. The molecule has 0 radical (unpaired) electrons. The summed E-state index contributed by atoms with van der Waals surface area (Å²) in [6.07, 6.45) is 0.847. The Hall–Kier alpha value is -0.940. The highest BCUT2D eigenvalue weighted by Gasteiger charge is 2.26. The van der Waals surface area contributed by atoms with Crippen molar-refractivity contribution in [3.05, 3.63) is 29.6 Å².